The summed E-state index contributed by atoms with van der Waals surface area (Å²) >= 11 is 0. The number of fused-ring (bicyclic) bond motifs is 1. The Balaban J connectivity index is 1.89. The van der Waals surface area contributed by atoms with Gasteiger partial charge in [0.25, 0.3) is 0 Å². The van der Waals surface area contributed by atoms with E-state index in [1.54, 1.807) is 16.8 Å². The molecule has 0 amide bonds. The predicted molar refractivity (Wildman–Crippen MR) is 99.9 cm³/mol. The Morgan fingerprint density at radius 1 is 1.07 bits per heavy atom. The van der Waals surface area contributed by atoms with Crippen LogP contribution in [0.2, 0.25) is 0 Å². The van der Waals surface area contributed by atoms with Crippen molar-refractivity contribution >= 4 is 22.6 Å². The van der Waals surface area contributed by atoms with Gasteiger partial charge >= 0.3 is 12.1 Å². The van der Waals surface area contributed by atoms with Crippen LogP contribution in [0.1, 0.15) is 41.6 Å². The third-order valence-corrected chi connectivity index (χ3v) is 4.95. The first-order valence-electron chi connectivity index (χ1n) is 8.98. The van der Waals surface area contributed by atoms with Crippen molar-refractivity contribution in [2.45, 2.75) is 31.9 Å². The molecule has 0 fully saturated rings. The topological polar surface area (TPSA) is 55.1 Å². The highest BCUT2D eigenvalue weighted by Crippen LogP contribution is 2.35. The fourth-order valence-corrected chi connectivity index (χ4v) is 3.51. The Bertz CT molecular complexity index is 1080. The van der Waals surface area contributed by atoms with Crippen LogP contribution >= 0.6 is 0 Å². The summed E-state index contributed by atoms with van der Waals surface area (Å²) < 4.78 is 40.3. The molecule has 3 aromatic rings. The average molecular weight is 386 g/mol. The van der Waals surface area contributed by atoms with Crippen LogP contribution in [-0.4, -0.2) is 20.9 Å². The maximum Gasteiger partial charge on any atom is 0.416 e. The van der Waals surface area contributed by atoms with E-state index in [9.17, 15) is 23.1 Å². The lowest BCUT2D eigenvalue weighted by Crippen LogP contribution is -2.04. The fraction of sp³-hybridized carbons (Fsp3) is 0.238. The Morgan fingerprint density at radius 3 is 2.43 bits per heavy atom. The van der Waals surface area contributed by atoms with Crippen LogP contribution in [0.25, 0.3) is 27.9 Å². The van der Waals surface area contributed by atoms with Gasteiger partial charge in [-0.1, -0.05) is 18.2 Å². The number of halogens is 3. The van der Waals surface area contributed by atoms with E-state index >= 15 is 0 Å². The molecule has 1 aliphatic rings. The van der Waals surface area contributed by atoms with Gasteiger partial charge in [-0.05, 0) is 56.0 Å². The first-order chi connectivity index (χ1) is 13.3. The van der Waals surface area contributed by atoms with Crippen molar-refractivity contribution in [2.75, 3.05) is 0 Å². The van der Waals surface area contributed by atoms with Crippen LogP contribution in [0.5, 0.6) is 0 Å². The first kappa shape index (κ1) is 18.3. The van der Waals surface area contributed by atoms with Gasteiger partial charge < -0.3 is 5.11 Å². The third-order valence-electron chi connectivity index (χ3n) is 4.95. The lowest BCUT2D eigenvalue weighted by atomic mass is 10.0. The minimum Gasteiger partial charge on any atom is -0.478 e. The summed E-state index contributed by atoms with van der Waals surface area (Å²) in [5.41, 5.74) is 2.13. The number of benzene rings is 2. The molecule has 0 saturated heterocycles. The second kappa shape index (κ2) is 6.82. The van der Waals surface area contributed by atoms with E-state index in [1.165, 1.54) is 18.2 Å². The largest absolute Gasteiger partial charge is 0.478 e. The summed E-state index contributed by atoms with van der Waals surface area (Å²) in [6.07, 6.45) is 1.53. The quantitative estimate of drug-likeness (QED) is 0.616. The van der Waals surface area contributed by atoms with E-state index in [4.69, 9.17) is 0 Å². The van der Waals surface area contributed by atoms with Crippen molar-refractivity contribution in [3.05, 3.63) is 59.7 Å². The van der Waals surface area contributed by atoms with Gasteiger partial charge in [-0.15, -0.1) is 0 Å². The van der Waals surface area contributed by atoms with E-state index in [0.29, 0.717) is 22.2 Å². The number of hydrogen-bond acceptors (Lipinski definition) is 2. The molecular formula is C21H17F3N2O2. The van der Waals surface area contributed by atoms with Crippen molar-refractivity contribution in [2.24, 2.45) is 0 Å². The van der Waals surface area contributed by atoms with E-state index in [1.807, 2.05) is 0 Å². The minimum absolute atomic E-state index is 0.143. The zero-order chi connectivity index (χ0) is 19.9. The molecule has 0 bridgehead atoms. The van der Waals surface area contributed by atoms with Gasteiger partial charge in [0.05, 0.1) is 16.6 Å². The molecule has 1 aromatic heterocycles. The molecule has 0 aliphatic heterocycles. The monoisotopic (exact) mass is 386 g/mol. The number of nitrogens with zero attached hydrogens (tertiary/aromatic N) is 2. The molecule has 144 valence electrons. The molecular weight excluding hydrogens is 369 g/mol. The fourth-order valence-electron chi connectivity index (χ4n) is 3.51. The van der Waals surface area contributed by atoms with Gasteiger partial charge in [-0.3, -0.25) is 0 Å². The molecule has 1 aliphatic carbocycles. The van der Waals surface area contributed by atoms with E-state index in [2.05, 4.69) is 11.2 Å². The second-order valence-electron chi connectivity index (χ2n) is 6.81. The lowest BCUT2D eigenvalue weighted by Gasteiger charge is -2.13. The van der Waals surface area contributed by atoms with Crippen molar-refractivity contribution in [3.63, 3.8) is 0 Å². The zero-order valence-corrected chi connectivity index (χ0v) is 14.8. The molecule has 0 radical (unpaired) electrons. The molecule has 4 nitrogen and oxygen atoms in total. The molecule has 7 heteroatoms. The van der Waals surface area contributed by atoms with E-state index in [-0.39, 0.29) is 5.56 Å². The normalized spacial score (nSPS) is 14.9. The molecule has 2 aromatic carbocycles. The van der Waals surface area contributed by atoms with Crippen LogP contribution in [0.3, 0.4) is 0 Å². The van der Waals surface area contributed by atoms with Gasteiger partial charge in [0.15, 0.2) is 0 Å². The first-order valence-corrected chi connectivity index (χ1v) is 8.98. The Labute approximate surface area is 158 Å². The SMILES string of the molecule is O=C(O)c1ccc2c(-c3ccc(C(F)(F)F)cc3)nn(C3=CCCCC3)c2c1. The number of aromatic carboxylic acids is 1. The van der Waals surface area contributed by atoms with E-state index in [0.717, 1.165) is 43.5 Å². The maximum atomic E-state index is 12.9. The van der Waals surface area contributed by atoms with Gasteiger partial charge in [0.2, 0.25) is 0 Å². The standard InChI is InChI=1S/C21H17F3N2O2/c22-21(23,24)15-9-6-13(7-10-15)19-17-11-8-14(20(27)28)12-18(17)26(25-19)16-4-2-1-3-5-16/h4,6-12H,1-3,5H2,(H,27,28). The summed E-state index contributed by atoms with van der Waals surface area (Å²) in [4.78, 5) is 11.4. The summed E-state index contributed by atoms with van der Waals surface area (Å²) in [5.74, 6) is -1.04. The van der Waals surface area contributed by atoms with Crippen molar-refractivity contribution in [3.8, 4) is 11.3 Å². The minimum atomic E-state index is -4.40. The number of hydrogen-bond donors (Lipinski definition) is 1. The highest BCUT2D eigenvalue weighted by Gasteiger charge is 2.30. The Morgan fingerprint density at radius 2 is 1.82 bits per heavy atom. The van der Waals surface area contributed by atoms with Crippen LogP contribution in [0.15, 0.2) is 48.5 Å². The van der Waals surface area contributed by atoms with Crippen LogP contribution < -0.4 is 0 Å². The molecule has 0 spiro atoms. The number of carboxylic acids is 1. The number of carboxylic acid groups (broad SMARTS) is 1. The van der Waals surface area contributed by atoms with Gasteiger partial charge in [0, 0.05) is 16.6 Å². The molecule has 0 atom stereocenters. The zero-order valence-electron chi connectivity index (χ0n) is 14.8. The highest BCUT2D eigenvalue weighted by molar-refractivity contribution is 5.99. The number of aromatic nitrogens is 2. The second-order valence-corrected chi connectivity index (χ2v) is 6.81. The maximum absolute atomic E-state index is 12.9. The highest BCUT2D eigenvalue weighted by atomic mass is 19.4. The molecule has 4 rings (SSSR count). The van der Waals surface area contributed by atoms with E-state index < -0.39 is 17.7 Å². The Kier molecular flexibility index (Phi) is 4.45. The van der Waals surface area contributed by atoms with Crippen LogP contribution in [0, 0.1) is 0 Å². The van der Waals surface area contributed by atoms with Crippen LogP contribution in [0.4, 0.5) is 13.2 Å². The van der Waals surface area contributed by atoms with Crippen molar-refractivity contribution in [1.82, 2.24) is 9.78 Å². The number of alkyl halides is 3. The number of carbonyl (C=O) groups is 1. The summed E-state index contributed by atoms with van der Waals surface area (Å²) in [7, 11) is 0. The average Bonchev–Trinajstić information content (AvgIpc) is 3.07. The smallest absolute Gasteiger partial charge is 0.416 e. The summed E-state index contributed by atoms with van der Waals surface area (Å²) in [6.45, 7) is 0. The molecule has 0 saturated carbocycles. The third kappa shape index (κ3) is 3.28. The lowest BCUT2D eigenvalue weighted by molar-refractivity contribution is -0.137. The molecule has 28 heavy (non-hydrogen) atoms. The number of allylic oxidation sites excluding steroid dienone is 2. The summed E-state index contributed by atoms with van der Waals surface area (Å²) in [6, 6.07) is 9.58. The van der Waals surface area contributed by atoms with Crippen LogP contribution in [-0.2, 0) is 6.18 Å². The van der Waals surface area contributed by atoms with Gasteiger partial charge in [-0.2, -0.15) is 18.3 Å². The molecule has 1 heterocycles. The van der Waals surface area contributed by atoms with Gasteiger partial charge in [0.1, 0.15) is 5.69 Å². The predicted octanol–water partition coefficient (Wildman–Crippen LogP) is 5.84. The molecule has 0 unspecified atom stereocenters. The van der Waals surface area contributed by atoms with Crippen molar-refractivity contribution in [1.29, 1.82) is 0 Å². The van der Waals surface area contributed by atoms with Crippen molar-refractivity contribution < 1.29 is 23.1 Å². The number of rotatable bonds is 3. The van der Waals surface area contributed by atoms with Gasteiger partial charge in [-0.25, -0.2) is 9.48 Å². The molecule has 1 N–H and O–H groups in total. The summed E-state index contributed by atoms with van der Waals surface area (Å²) in [5, 5.41) is 14.7. The Hall–Kier alpha value is -3.09.